The molecule has 0 unspecified atom stereocenters. The van der Waals surface area contributed by atoms with Crippen molar-refractivity contribution in [2.75, 3.05) is 4.90 Å². The summed E-state index contributed by atoms with van der Waals surface area (Å²) in [4.78, 5) is 2.35. The number of fused-ring (bicyclic) bond motifs is 7. The number of para-hydroxylation sites is 1. The predicted molar refractivity (Wildman–Crippen MR) is 191 cm³/mol. The lowest BCUT2D eigenvalue weighted by molar-refractivity contribution is 0.658. The van der Waals surface area contributed by atoms with Crippen LogP contribution in [0, 0.1) is 0 Å². The molecule has 2 aliphatic carbocycles. The van der Waals surface area contributed by atoms with Gasteiger partial charge in [-0.3, -0.25) is 0 Å². The summed E-state index contributed by atoms with van der Waals surface area (Å²) < 4.78 is 0. The summed E-state index contributed by atoms with van der Waals surface area (Å²) in [5.41, 5.74) is 17.5. The Hall–Kier alpha value is -5.40. The number of rotatable bonds is 2. The molecule has 0 bridgehead atoms. The van der Waals surface area contributed by atoms with Gasteiger partial charge < -0.3 is 4.90 Å². The molecule has 6 aromatic rings. The molecular weight excluding hydrogens is 542 g/mol. The van der Waals surface area contributed by atoms with E-state index in [1.54, 1.807) is 0 Å². The van der Waals surface area contributed by atoms with Gasteiger partial charge in [0.25, 0.3) is 0 Å². The van der Waals surface area contributed by atoms with E-state index in [-0.39, 0.29) is 5.41 Å². The quantitative estimate of drug-likeness (QED) is 0.198. The average molecular weight is 576 g/mol. The molecule has 1 aliphatic heterocycles. The summed E-state index contributed by atoms with van der Waals surface area (Å²) in [5.74, 6) is 0. The van der Waals surface area contributed by atoms with Crippen molar-refractivity contribution >= 4 is 27.7 Å². The topological polar surface area (TPSA) is 3.24 Å². The second-order valence-electron chi connectivity index (χ2n) is 13.0. The van der Waals surface area contributed by atoms with E-state index in [0.29, 0.717) is 0 Å². The predicted octanol–water partition coefficient (Wildman–Crippen LogP) is 11.7. The van der Waals surface area contributed by atoms with Crippen LogP contribution < -0.4 is 4.90 Å². The zero-order valence-corrected chi connectivity index (χ0v) is 25.6. The maximum atomic E-state index is 4.71. The lowest BCUT2D eigenvalue weighted by atomic mass is 9.81. The minimum Gasteiger partial charge on any atom is -0.311 e. The Labute approximate surface area is 265 Å². The monoisotopic (exact) mass is 575 g/mol. The fourth-order valence-electron chi connectivity index (χ4n) is 8.01. The van der Waals surface area contributed by atoms with E-state index >= 15 is 0 Å². The van der Waals surface area contributed by atoms with Crippen molar-refractivity contribution in [3.63, 3.8) is 0 Å². The molecule has 0 amide bonds. The second-order valence-corrected chi connectivity index (χ2v) is 13.0. The number of hydrogen-bond donors (Lipinski definition) is 0. The molecule has 0 fully saturated rings. The highest BCUT2D eigenvalue weighted by atomic mass is 15.1. The first-order valence-corrected chi connectivity index (χ1v) is 15.9. The van der Waals surface area contributed by atoms with Gasteiger partial charge in [-0.25, -0.2) is 0 Å². The summed E-state index contributed by atoms with van der Waals surface area (Å²) in [6, 6.07) is 46.8. The third-order valence-corrected chi connectivity index (χ3v) is 10.2. The Morgan fingerprint density at radius 3 is 2.20 bits per heavy atom. The summed E-state index contributed by atoms with van der Waals surface area (Å²) in [7, 11) is 0. The molecule has 0 atom stereocenters. The Kier molecular flexibility index (Phi) is 5.53. The first kappa shape index (κ1) is 26.0. The molecule has 9 rings (SSSR count). The molecular formula is C44H33N. The van der Waals surface area contributed by atoms with Crippen LogP contribution in [0.2, 0.25) is 0 Å². The van der Waals surface area contributed by atoms with Crippen LogP contribution in [0.4, 0.5) is 11.4 Å². The van der Waals surface area contributed by atoms with Gasteiger partial charge in [0, 0.05) is 22.5 Å². The first-order valence-electron chi connectivity index (χ1n) is 15.9. The van der Waals surface area contributed by atoms with Gasteiger partial charge in [0.05, 0.1) is 0 Å². The zero-order valence-electron chi connectivity index (χ0n) is 25.6. The van der Waals surface area contributed by atoms with E-state index in [0.717, 1.165) is 17.8 Å². The van der Waals surface area contributed by atoms with Crippen molar-refractivity contribution in [3.8, 4) is 33.4 Å². The maximum absolute atomic E-state index is 4.71. The molecule has 6 aromatic carbocycles. The fourth-order valence-corrected chi connectivity index (χ4v) is 8.01. The third-order valence-electron chi connectivity index (χ3n) is 10.2. The summed E-state index contributed by atoms with van der Waals surface area (Å²) >= 11 is 0. The smallest absolute Gasteiger partial charge is 0.0496 e. The van der Waals surface area contributed by atoms with Gasteiger partial charge in [-0.05, 0) is 109 Å². The molecule has 45 heavy (non-hydrogen) atoms. The van der Waals surface area contributed by atoms with E-state index in [9.17, 15) is 0 Å². The molecule has 0 aromatic heterocycles. The molecule has 0 spiro atoms. The summed E-state index contributed by atoms with van der Waals surface area (Å²) in [6.07, 6.45) is 5.61. The molecule has 0 N–H and O–H groups in total. The van der Waals surface area contributed by atoms with Crippen LogP contribution in [0.3, 0.4) is 0 Å². The van der Waals surface area contributed by atoms with Crippen molar-refractivity contribution < 1.29 is 0 Å². The molecule has 1 heteroatoms. The van der Waals surface area contributed by atoms with Crippen LogP contribution in [-0.4, -0.2) is 0 Å². The van der Waals surface area contributed by atoms with Gasteiger partial charge in [-0.2, -0.15) is 0 Å². The van der Waals surface area contributed by atoms with Gasteiger partial charge in [-0.1, -0.05) is 130 Å². The second kappa shape index (κ2) is 9.55. The van der Waals surface area contributed by atoms with E-state index < -0.39 is 0 Å². The van der Waals surface area contributed by atoms with E-state index in [1.165, 1.54) is 77.7 Å². The van der Waals surface area contributed by atoms with Gasteiger partial charge in [0.1, 0.15) is 0 Å². The highest BCUT2D eigenvalue weighted by molar-refractivity contribution is 6.15. The van der Waals surface area contributed by atoms with Crippen LogP contribution in [0.1, 0.15) is 30.5 Å². The van der Waals surface area contributed by atoms with Gasteiger partial charge in [-0.15, -0.1) is 0 Å². The molecule has 214 valence electrons. The number of anilines is 2. The zero-order chi connectivity index (χ0) is 30.3. The van der Waals surface area contributed by atoms with E-state index in [4.69, 9.17) is 6.58 Å². The van der Waals surface area contributed by atoms with Crippen molar-refractivity contribution in [1.82, 2.24) is 0 Å². The third kappa shape index (κ3) is 3.80. The lowest BCUT2D eigenvalue weighted by Gasteiger charge is -2.28. The largest absolute Gasteiger partial charge is 0.311 e. The minimum atomic E-state index is -0.0652. The van der Waals surface area contributed by atoms with Crippen molar-refractivity contribution in [1.29, 1.82) is 0 Å². The minimum absolute atomic E-state index is 0.0652. The van der Waals surface area contributed by atoms with Crippen LogP contribution in [0.25, 0.3) is 49.7 Å². The van der Waals surface area contributed by atoms with Gasteiger partial charge in [0.15, 0.2) is 0 Å². The SMILES string of the molecule is C=C1/C=C2\C(=C/Cc3ccccc3N1c1cccc(-c3ccc4c(c3)-c3cccc5cccc-4c35)c1)C(C)(C)c1ccccc12. The number of benzene rings is 6. The molecule has 0 radical (unpaired) electrons. The fraction of sp³-hybridized carbons (Fsp3) is 0.0909. The normalized spacial score (nSPS) is 18.0. The standard InChI is InChI=1S/C44H33N/c1-28-25-39-35-16-5-6-19-40(35)44(2,3)41(39)24-22-29-11-4-7-20-42(29)45(28)33-15-8-14-31(26-33)32-21-23-34-36-17-9-12-30-13-10-18-37(43(30)36)38(34)27-32/h4-21,23-27H,1,22H2,2-3H3/b39-25-,41-24+. The molecule has 1 heterocycles. The van der Waals surface area contributed by atoms with Crippen LogP contribution >= 0.6 is 0 Å². The van der Waals surface area contributed by atoms with E-state index in [2.05, 4.69) is 158 Å². The Morgan fingerprint density at radius 1 is 0.622 bits per heavy atom. The first-order chi connectivity index (χ1) is 22.0. The Balaban J connectivity index is 1.18. The van der Waals surface area contributed by atoms with Crippen molar-refractivity contribution in [2.24, 2.45) is 0 Å². The maximum Gasteiger partial charge on any atom is 0.0496 e. The molecule has 3 aliphatic rings. The van der Waals surface area contributed by atoms with Crippen LogP contribution in [0.5, 0.6) is 0 Å². The number of allylic oxidation sites excluding steroid dienone is 4. The Bertz CT molecular complexity index is 2290. The van der Waals surface area contributed by atoms with E-state index in [1.807, 2.05) is 0 Å². The summed E-state index contributed by atoms with van der Waals surface area (Å²) in [6.45, 7) is 9.41. The van der Waals surface area contributed by atoms with Gasteiger partial charge >= 0.3 is 0 Å². The average Bonchev–Trinajstić information content (AvgIpc) is 3.52. The van der Waals surface area contributed by atoms with Crippen molar-refractivity contribution in [3.05, 3.63) is 174 Å². The molecule has 1 nitrogen and oxygen atoms in total. The Morgan fingerprint density at radius 2 is 1.33 bits per heavy atom. The number of hydrogen-bond acceptors (Lipinski definition) is 1. The highest BCUT2D eigenvalue weighted by Crippen LogP contribution is 2.52. The summed E-state index contributed by atoms with van der Waals surface area (Å²) in [5, 5.41) is 2.66. The van der Waals surface area contributed by atoms with Crippen molar-refractivity contribution in [2.45, 2.75) is 25.7 Å². The highest BCUT2D eigenvalue weighted by Gasteiger charge is 2.38. The number of nitrogens with zero attached hydrogens (tertiary/aromatic N) is 1. The molecule has 0 saturated carbocycles. The van der Waals surface area contributed by atoms with Crippen LogP contribution in [0.15, 0.2) is 157 Å². The van der Waals surface area contributed by atoms with Crippen LogP contribution in [-0.2, 0) is 11.8 Å². The lowest BCUT2D eigenvalue weighted by Crippen LogP contribution is -2.16. The van der Waals surface area contributed by atoms with Gasteiger partial charge in [0.2, 0.25) is 0 Å². The molecule has 0 saturated heterocycles.